The minimum Gasteiger partial charge on any atom is -0.337 e. The van der Waals surface area contributed by atoms with E-state index in [1.165, 1.54) is 11.2 Å². The van der Waals surface area contributed by atoms with Gasteiger partial charge in [-0.05, 0) is 12.8 Å². The van der Waals surface area contributed by atoms with Crippen LogP contribution in [0.4, 0.5) is 13.2 Å². The molecule has 0 bridgehead atoms. The summed E-state index contributed by atoms with van der Waals surface area (Å²) in [4.78, 5) is 17.8. The van der Waals surface area contributed by atoms with E-state index in [1.54, 1.807) is 0 Å². The molecule has 0 saturated carbocycles. The standard InChI is InChI=1S/C12H13F3N6O/c13-12(14,15)9-4-8(18-19-9)11(22)21-3-1-2-7(5-21)10-16-6-17-20-10/h4,6-7H,1-3,5H2,(H,18,19)(H,16,17,20)/t7-/m1/s1. The van der Waals surface area contributed by atoms with Crippen molar-refractivity contribution in [3.8, 4) is 0 Å². The van der Waals surface area contributed by atoms with E-state index in [1.807, 2.05) is 5.10 Å². The second-order valence-electron chi connectivity index (χ2n) is 5.13. The van der Waals surface area contributed by atoms with Crippen LogP contribution in [0.25, 0.3) is 0 Å². The zero-order valence-electron chi connectivity index (χ0n) is 11.4. The maximum absolute atomic E-state index is 12.5. The molecule has 1 atom stereocenters. The van der Waals surface area contributed by atoms with Crippen LogP contribution in [-0.4, -0.2) is 49.3 Å². The van der Waals surface area contributed by atoms with Crippen molar-refractivity contribution in [3.05, 3.63) is 29.6 Å². The van der Waals surface area contributed by atoms with Gasteiger partial charge in [0.15, 0.2) is 5.69 Å². The van der Waals surface area contributed by atoms with Crippen molar-refractivity contribution in [2.75, 3.05) is 13.1 Å². The summed E-state index contributed by atoms with van der Waals surface area (Å²) in [5.74, 6) is 0.160. The van der Waals surface area contributed by atoms with E-state index in [-0.39, 0.29) is 11.6 Å². The zero-order valence-corrected chi connectivity index (χ0v) is 11.4. The van der Waals surface area contributed by atoms with Crippen LogP contribution in [0.5, 0.6) is 0 Å². The first-order chi connectivity index (χ1) is 10.4. The van der Waals surface area contributed by atoms with Gasteiger partial charge in [0.2, 0.25) is 0 Å². The maximum atomic E-state index is 12.5. The summed E-state index contributed by atoms with van der Waals surface area (Å²) in [6.45, 7) is 0.861. The summed E-state index contributed by atoms with van der Waals surface area (Å²) in [7, 11) is 0. The van der Waals surface area contributed by atoms with E-state index in [2.05, 4.69) is 20.3 Å². The number of aromatic amines is 2. The second-order valence-corrected chi connectivity index (χ2v) is 5.13. The molecular formula is C12H13F3N6O. The normalized spacial score (nSPS) is 19.4. The molecule has 1 fully saturated rings. The minimum absolute atomic E-state index is 0.00114. The highest BCUT2D eigenvalue weighted by molar-refractivity contribution is 5.92. The van der Waals surface area contributed by atoms with Crippen molar-refractivity contribution < 1.29 is 18.0 Å². The summed E-state index contributed by atoms with van der Waals surface area (Å²) in [6.07, 6.45) is -1.57. The fourth-order valence-corrected chi connectivity index (χ4v) is 2.53. The molecule has 0 spiro atoms. The van der Waals surface area contributed by atoms with Crippen molar-refractivity contribution in [3.63, 3.8) is 0 Å². The molecule has 118 valence electrons. The van der Waals surface area contributed by atoms with Gasteiger partial charge in [-0.2, -0.15) is 23.4 Å². The van der Waals surface area contributed by atoms with Gasteiger partial charge in [0.1, 0.15) is 17.8 Å². The molecule has 3 heterocycles. The molecule has 7 nitrogen and oxygen atoms in total. The van der Waals surface area contributed by atoms with Crippen LogP contribution in [0.2, 0.25) is 0 Å². The first-order valence-corrected chi connectivity index (χ1v) is 6.72. The van der Waals surface area contributed by atoms with Crippen LogP contribution in [0.3, 0.4) is 0 Å². The molecular weight excluding hydrogens is 301 g/mol. The zero-order chi connectivity index (χ0) is 15.7. The topological polar surface area (TPSA) is 90.6 Å². The predicted octanol–water partition coefficient (Wildman–Crippen LogP) is 1.57. The minimum atomic E-state index is -4.55. The van der Waals surface area contributed by atoms with Gasteiger partial charge in [0.25, 0.3) is 5.91 Å². The van der Waals surface area contributed by atoms with Crippen LogP contribution >= 0.6 is 0 Å². The number of H-pyrrole nitrogens is 2. The van der Waals surface area contributed by atoms with E-state index >= 15 is 0 Å². The lowest BCUT2D eigenvalue weighted by molar-refractivity contribution is -0.141. The molecule has 1 amide bonds. The Morgan fingerprint density at radius 1 is 1.36 bits per heavy atom. The quantitative estimate of drug-likeness (QED) is 0.880. The predicted molar refractivity (Wildman–Crippen MR) is 67.9 cm³/mol. The van der Waals surface area contributed by atoms with Gasteiger partial charge in [-0.15, -0.1) is 0 Å². The third kappa shape index (κ3) is 2.81. The Labute approximate surface area is 122 Å². The number of hydrogen-bond donors (Lipinski definition) is 2. The Hall–Kier alpha value is -2.39. The molecule has 2 aromatic rings. The number of nitrogens with one attached hydrogen (secondary N) is 2. The lowest BCUT2D eigenvalue weighted by atomic mass is 9.97. The number of carbonyl (C=O) groups excluding carboxylic acids is 1. The van der Waals surface area contributed by atoms with E-state index < -0.39 is 17.8 Å². The average molecular weight is 314 g/mol. The molecule has 0 radical (unpaired) electrons. The van der Waals surface area contributed by atoms with Gasteiger partial charge in [-0.25, -0.2) is 4.98 Å². The Morgan fingerprint density at radius 2 is 2.18 bits per heavy atom. The Bertz CT molecular complexity index is 650. The average Bonchev–Trinajstić information content (AvgIpc) is 3.17. The van der Waals surface area contributed by atoms with E-state index in [4.69, 9.17) is 0 Å². The lowest BCUT2D eigenvalue weighted by Crippen LogP contribution is -2.39. The summed E-state index contributed by atoms with van der Waals surface area (Å²) in [6, 6.07) is 0.737. The van der Waals surface area contributed by atoms with Crippen molar-refractivity contribution >= 4 is 5.91 Å². The number of aromatic nitrogens is 5. The smallest absolute Gasteiger partial charge is 0.337 e. The molecule has 10 heteroatoms. The number of piperidine rings is 1. The first kappa shape index (κ1) is 14.5. The Kier molecular flexibility index (Phi) is 3.59. The number of alkyl halides is 3. The lowest BCUT2D eigenvalue weighted by Gasteiger charge is -2.31. The summed E-state index contributed by atoms with van der Waals surface area (Å²) >= 11 is 0. The van der Waals surface area contributed by atoms with Gasteiger partial charge >= 0.3 is 6.18 Å². The summed E-state index contributed by atoms with van der Waals surface area (Å²) in [5, 5.41) is 11.9. The molecule has 22 heavy (non-hydrogen) atoms. The number of halogens is 3. The van der Waals surface area contributed by atoms with Gasteiger partial charge < -0.3 is 4.90 Å². The fraction of sp³-hybridized carbons (Fsp3) is 0.500. The highest BCUT2D eigenvalue weighted by atomic mass is 19.4. The van der Waals surface area contributed by atoms with Crippen LogP contribution in [0, 0.1) is 0 Å². The number of nitrogens with zero attached hydrogens (tertiary/aromatic N) is 4. The van der Waals surface area contributed by atoms with Crippen molar-refractivity contribution in [1.82, 2.24) is 30.3 Å². The Morgan fingerprint density at radius 3 is 2.82 bits per heavy atom. The number of amides is 1. The molecule has 2 N–H and O–H groups in total. The number of rotatable bonds is 2. The summed E-state index contributed by atoms with van der Waals surface area (Å²) in [5.41, 5.74) is -1.26. The van der Waals surface area contributed by atoms with Crippen molar-refractivity contribution in [2.24, 2.45) is 0 Å². The SMILES string of the molecule is O=C(c1cc(C(F)(F)F)[nH]n1)N1CCC[C@@H](c2ncn[nH]2)C1. The first-order valence-electron chi connectivity index (χ1n) is 6.72. The van der Waals surface area contributed by atoms with Crippen LogP contribution in [0.1, 0.15) is 40.8 Å². The van der Waals surface area contributed by atoms with Gasteiger partial charge in [-0.3, -0.25) is 15.0 Å². The highest BCUT2D eigenvalue weighted by Crippen LogP contribution is 2.29. The Balaban J connectivity index is 1.73. The van der Waals surface area contributed by atoms with Crippen LogP contribution in [-0.2, 0) is 6.18 Å². The second kappa shape index (κ2) is 5.43. The maximum Gasteiger partial charge on any atom is 0.432 e. The van der Waals surface area contributed by atoms with Crippen LogP contribution in [0.15, 0.2) is 12.4 Å². The molecule has 3 rings (SSSR count). The molecule has 1 aliphatic rings. The number of carbonyl (C=O) groups is 1. The van der Waals surface area contributed by atoms with Gasteiger partial charge in [0.05, 0.1) is 0 Å². The highest BCUT2D eigenvalue weighted by Gasteiger charge is 2.35. The van der Waals surface area contributed by atoms with Crippen molar-refractivity contribution in [2.45, 2.75) is 24.9 Å². The van der Waals surface area contributed by atoms with Crippen LogP contribution < -0.4 is 0 Å². The molecule has 0 aliphatic carbocycles. The molecule has 0 unspecified atom stereocenters. The largest absolute Gasteiger partial charge is 0.432 e. The third-order valence-electron chi connectivity index (χ3n) is 3.63. The van der Waals surface area contributed by atoms with Gasteiger partial charge in [-0.1, -0.05) is 0 Å². The summed E-state index contributed by atoms with van der Waals surface area (Å²) < 4.78 is 37.6. The number of hydrogen-bond acceptors (Lipinski definition) is 4. The van der Waals surface area contributed by atoms with E-state index in [0.717, 1.165) is 18.9 Å². The molecule has 2 aromatic heterocycles. The molecule has 0 aromatic carbocycles. The monoisotopic (exact) mass is 314 g/mol. The van der Waals surface area contributed by atoms with Gasteiger partial charge in [0, 0.05) is 25.1 Å². The fourth-order valence-electron chi connectivity index (χ4n) is 2.53. The van der Waals surface area contributed by atoms with Crippen molar-refractivity contribution in [1.29, 1.82) is 0 Å². The molecule has 1 saturated heterocycles. The van der Waals surface area contributed by atoms with E-state index in [9.17, 15) is 18.0 Å². The van der Waals surface area contributed by atoms with E-state index in [0.29, 0.717) is 18.9 Å². The third-order valence-corrected chi connectivity index (χ3v) is 3.63. The number of likely N-dealkylation sites (tertiary alicyclic amines) is 1. The molecule has 1 aliphatic heterocycles.